The number of hydrogen-bond acceptors (Lipinski definition) is 3. The van der Waals surface area contributed by atoms with Crippen LogP contribution in [0, 0.1) is 0 Å². The molecule has 0 aliphatic carbocycles. The minimum absolute atomic E-state index is 0.288. The highest BCUT2D eigenvalue weighted by atomic mass is 16.5. The lowest BCUT2D eigenvalue weighted by molar-refractivity contribution is -0.132. The zero-order chi connectivity index (χ0) is 12.5. The lowest BCUT2D eigenvalue weighted by Crippen LogP contribution is -2.45. The Hall–Kier alpha value is -0.610. The number of methoxy groups -OCH3 is 1. The van der Waals surface area contributed by atoms with Crippen LogP contribution in [0.3, 0.4) is 0 Å². The molecule has 4 heteroatoms. The average molecular weight is 242 g/mol. The number of hydrogen-bond donors (Lipinski definition) is 1. The molecule has 1 aliphatic heterocycles. The molecular weight excluding hydrogens is 216 g/mol. The van der Waals surface area contributed by atoms with Crippen molar-refractivity contribution in [3.8, 4) is 0 Å². The molecule has 0 saturated carbocycles. The second-order valence-electron chi connectivity index (χ2n) is 4.71. The second kappa shape index (κ2) is 8.48. The van der Waals surface area contributed by atoms with Crippen LogP contribution in [-0.2, 0) is 9.53 Å². The molecule has 0 radical (unpaired) electrons. The van der Waals surface area contributed by atoms with E-state index < -0.39 is 0 Å². The quantitative estimate of drug-likeness (QED) is 0.686. The van der Waals surface area contributed by atoms with Gasteiger partial charge in [0.25, 0.3) is 0 Å². The van der Waals surface area contributed by atoms with Crippen LogP contribution in [0.15, 0.2) is 0 Å². The first-order valence-electron chi connectivity index (χ1n) is 6.78. The first-order chi connectivity index (χ1) is 8.27. The highest BCUT2D eigenvalue weighted by Crippen LogP contribution is 2.12. The van der Waals surface area contributed by atoms with Gasteiger partial charge in [-0.2, -0.15) is 0 Å². The van der Waals surface area contributed by atoms with E-state index in [4.69, 9.17) is 4.74 Å². The Morgan fingerprint density at radius 3 is 2.71 bits per heavy atom. The van der Waals surface area contributed by atoms with Crippen LogP contribution in [0.5, 0.6) is 0 Å². The number of nitrogens with one attached hydrogen (secondary N) is 1. The van der Waals surface area contributed by atoms with Crippen LogP contribution in [0.4, 0.5) is 0 Å². The summed E-state index contributed by atoms with van der Waals surface area (Å²) in [5.41, 5.74) is 0. The number of carbonyl (C=O) groups excluding carboxylic acids is 1. The molecule has 4 nitrogen and oxygen atoms in total. The summed E-state index contributed by atoms with van der Waals surface area (Å²) in [6.45, 7) is 5.77. The third kappa shape index (κ3) is 5.50. The first-order valence-corrected chi connectivity index (χ1v) is 6.78. The molecule has 0 atom stereocenters. The normalized spacial score (nSPS) is 17.4. The lowest BCUT2D eigenvalue weighted by atomic mass is 10.0. The van der Waals surface area contributed by atoms with Crippen LogP contribution in [0.25, 0.3) is 0 Å². The van der Waals surface area contributed by atoms with Gasteiger partial charge in [0.05, 0.1) is 0 Å². The maximum Gasteiger partial charge on any atom is 0.222 e. The standard InChI is InChI=1S/C13H26N2O2/c1-3-8-14-12-6-9-15(10-7-12)13(16)5-4-11-17-2/h12,14H,3-11H2,1-2H3. The van der Waals surface area contributed by atoms with Crippen molar-refractivity contribution in [2.24, 2.45) is 0 Å². The van der Waals surface area contributed by atoms with Crippen molar-refractivity contribution in [1.29, 1.82) is 0 Å². The van der Waals surface area contributed by atoms with E-state index in [2.05, 4.69) is 12.2 Å². The molecule has 0 bridgehead atoms. The van der Waals surface area contributed by atoms with E-state index in [1.807, 2.05) is 4.90 Å². The number of piperidine rings is 1. The lowest BCUT2D eigenvalue weighted by Gasteiger charge is -2.32. The van der Waals surface area contributed by atoms with Crippen molar-refractivity contribution < 1.29 is 9.53 Å². The van der Waals surface area contributed by atoms with Gasteiger partial charge >= 0.3 is 0 Å². The maximum atomic E-state index is 11.8. The summed E-state index contributed by atoms with van der Waals surface area (Å²) < 4.78 is 4.96. The van der Waals surface area contributed by atoms with Gasteiger partial charge in [-0.3, -0.25) is 4.79 Å². The summed E-state index contributed by atoms with van der Waals surface area (Å²) in [6, 6.07) is 0.609. The molecule has 0 aromatic carbocycles. The van der Waals surface area contributed by atoms with Crippen LogP contribution in [-0.4, -0.2) is 50.2 Å². The number of ether oxygens (including phenoxy) is 1. The predicted octanol–water partition coefficient (Wildman–Crippen LogP) is 1.40. The number of amides is 1. The summed E-state index contributed by atoms with van der Waals surface area (Å²) in [6.07, 6.45) is 4.83. The molecular formula is C13H26N2O2. The maximum absolute atomic E-state index is 11.8. The zero-order valence-electron chi connectivity index (χ0n) is 11.2. The van der Waals surface area contributed by atoms with E-state index in [0.717, 1.165) is 38.9 Å². The molecule has 1 rings (SSSR count). The van der Waals surface area contributed by atoms with Crippen molar-refractivity contribution in [3.63, 3.8) is 0 Å². The Morgan fingerprint density at radius 1 is 1.41 bits per heavy atom. The molecule has 1 heterocycles. The van der Waals surface area contributed by atoms with Crippen LogP contribution in [0.2, 0.25) is 0 Å². The molecule has 0 unspecified atom stereocenters. The minimum atomic E-state index is 0.288. The van der Waals surface area contributed by atoms with Gasteiger partial charge in [0.2, 0.25) is 5.91 Å². The van der Waals surface area contributed by atoms with Gasteiger partial charge in [0, 0.05) is 39.3 Å². The summed E-state index contributed by atoms with van der Waals surface area (Å²) in [5, 5.41) is 3.53. The van der Waals surface area contributed by atoms with Gasteiger partial charge in [-0.05, 0) is 32.2 Å². The van der Waals surface area contributed by atoms with Crippen LogP contribution < -0.4 is 5.32 Å². The van der Waals surface area contributed by atoms with E-state index in [0.29, 0.717) is 19.1 Å². The van der Waals surface area contributed by atoms with Crippen molar-refractivity contribution >= 4 is 5.91 Å². The van der Waals surface area contributed by atoms with Crippen LogP contribution in [0.1, 0.15) is 39.0 Å². The van der Waals surface area contributed by atoms with E-state index >= 15 is 0 Å². The molecule has 0 aromatic heterocycles. The average Bonchev–Trinajstić information content (AvgIpc) is 2.37. The van der Waals surface area contributed by atoms with E-state index in [1.54, 1.807) is 7.11 Å². The second-order valence-corrected chi connectivity index (χ2v) is 4.71. The van der Waals surface area contributed by atoms with Gasteiger partial charge in [0.1, 0.15) is 0 Å². The van der Waals surface area contributed by atoms with Gasteiger partial charge in [-0.15, -0.1) is 0 Å². The predicted molar refractivity (Wildman–Crippen MR) is 69.0 cm³/mol. The number of rotatable bonds is 7. The van der Waals surface area contributed by atoms with Crippen LogP contribution >= 0.6 is 0 Å². The third-order valence-electron chi connectivity index (χ3n) is 3.27. The molecule has 1 N–H and O–H groups in total. The fraction of sp³-hybridized carbons (Fsp3) is 0.923. The Bertz CT molecular complexity index is 213. The van der Waals surface area contributed by atoms with Crippen molar-refractivity contribution in [2.75, 3.05) is 33.4 Å². The molecule has 0 spiro atoms. The van der Waals surface area contributed by atoms with Gasteiger partial charge in [0.15, 0.2) is 0 Å². The number of nitrogens with zero attached hydrogens (tertiary/aromatic N) is 1. The van der Waals surface area contributed by atoms with Gasteiger partial charge in [-0.1, -0.05) is 6.92 Å². The zero-order valence-corrected chi connectivity index (χ0v) is 11.2. The topological polar surface area (TPSA) is 41.6 Å². The Morgan fingerprint density at radius 2 is 2.12 bits per heavy atom. The fourth-order valence-corrected chi connectivity index (χ4v) is 2.21. The Kier molecular flexibility index (Phi) is 7.21. The Labute approximate surface area is 105 Å². The third-order valence-corrected chi connectivity index (χ3v) is 3.27. The number of carbonyl (C=O) groups is 1. The highest BCUT2D eigenvalue weighted by Gasteiger charge is 2.21. The Balaban J connectivity index is 2.15. The minimum Gasteiger partial charge on any atom is -0.385 e. The summed E-state index contributed by atoms with van der Waals surface area (Å²) in [7, 11) is 1.68. The SMILES string of the molecule is CCCNC1CCN(C(=O)CCCOC)CC1. The molecule has 1 aliphatic rings. The van der Waals surface area contributed by atoms with Crippen molar-refractivity contribution in [3.05, 3.63) is 0 Å². The molecule has 17 heavy (non-hydrogen) atoms. The van der Waals surface area contributed by atoms with Crippen molar-refractivity contribution in [2.45, 2.75) is 45.1 Å². The fourth-order valence-electron chi connectivity index (χ4n) is 2.21. The molecule has 1 saturated heterocycles. The van der Waals surface area contributed by atoms with Gasteiger partial charge < -0.3 is 15.0 Å². The van der Waals surface area contributed by atoms with E-state index in [1.165, 1.54) is 6.42 Å². The molecule has 1 amide bonds. The smallest absolute Gasteiger partial charge is 0.222 e. The molecule has 1 fully saturated rings. The van der Waals surface area contributed by atoms with E-state index in [9.17, 15) is 4.79 Å². The molecule has 0 aromatic rings. The monoisotopic (exact) mass is 242 g/mol. The summed E-state index contributed by atoms with van der Waals surface area (Å²) in [4.78, 5) is 13.8. The van der Waals surface area contributed by atoms with Crippen molar-refractivity contribution in [1.82, 2.24) is 10.2 Å². The number of likely N-dealkylation sites (tertiary alicyclic amines) is 1. The summed E-state index contributed by atoms with van der Waals surface area (Å²) >= 11 is 0. The highest BCUT2D eigenvalue weighted by molar-refractivity contribution is 5.76. The molecule has 100 valence electrons. The van der Waals surface area contributed by atoms with Gasteiger partial charge in [-0.25, -0.2) is 0 Å². The largest absolute Gasteiger partial charge is 0.385 e. The summed E-state index contributed by atoms with van der Waals surface area (Å²) in [5.74, 6) is 0.288. The van der Waals surface area contributed by atoms with E-state index in [-0.39, 0.29) is 5.91 Å². The first kappa shape index (κ1) is 14.5.